The van der Waals surface area contributed by atoms with Gasteiger partial charge in [-0.15, -0.1) is 0 Å². The highest BCUT2D eigenvalue weighted by molar-refractivity contribution is 7.92. The van der Waals surface area contributed by atoms with E-state index < -0.39 is 15.8 Å². The van der Waals surface area contributed by atoms with Crippen LogP contribution < -0.4 is 10.0 Å². The number of carbonyl (C=O) groups excluding carboxylic acids is 1. The number of anilines is 1. The maximum atomic E-state index is 12.9. The molecule has 1 aliphatic heterocycles. The molecule has 0 unspecified atom stereocenters. The van der Waals surface area contributed by atoms with Gasteiger partial charge in [-0.05, 0) is 48.4 Å². The third-order valence-corrected chi connectivity index (χ3v) is 4.81. The normalized spacial score (nSPS) is 14.1. The first-order chi connectivity index (χ1) is 10.5. The predicted octanol–water partition coefficient (Wildman–Crippen LogP) is 1.91. The number of nitrogens with one attached hydrogen (secondary N) is 2. The average molecular weight is 320 g/mol. The largest absolute Gasteiger partial charge is 0.352 e. The summed E-state index contributed by atoms with van der Waals surface area (Å²) in [6, 6.07) is 9.37. The van der Waals surface area contributed by atoms with Gasteiger partial charge in [0.05, 0.1) is 4.90 Å². The molecule has 5 nitrogen and oxygen atoms in total. The van der Waals surface area contributed by atoms with E-state index in [-0.39, 0.29) is 10.8 Å². The number of fused-ring (bicyclic) bond motifs is 1. The van der Waals surface area contributed by atoms with Crippen LogP contribution in [0.3, 0.4) is 0 Å². The number of halogens is 1. The summed E-state index contributed by atoms with van der Waals surface area (Å²) in [6.07, 6.45) is 0.714. The van der Waals surface area contributed by atoms with E-state index in [0.717, 1.165) is 17.7 Å². The fraction of sp³-hybridized carbons (Fsp3) is 0.133. The minimum absolute atomic E-state index is 0.0453. The highest BCUT2D eigenvalue weighted by Crippen LogP contribution is 2.22. The summed E-state index contributed by atoms with van der Waals surface area (Å²) in [6.45, 7) is 0.576. The lowest BCUT2D eigenvalue weighted by molar-refractivity contribution is 0.0946. The second-order valence-electron chi connectivity index (χ2n) is 4.94. The van der Waals surface area contributed by atoms with Gasteiger partial charge in [-0.25, -0.2) is 12.8 Å². The van der Waals surface area contributed by atoms with E-state index in [0.29, 0.717) is 24.2 Å². The first-order valence-electron chi connectivity index (χ1n) is 6.65. The van der Waals surface area contributed by atoms with Crippen LogP contribution in [-0.2, 0) is 16.4 Å². The average Bonchev–Trinajstić information content (AvgIpc) is 2.48. The summed E-state index contributed by atoms with van der Waals surface area (Å²) in [4.78, 5) is 11.7. The van der Waals surface area contributed by atoms with Gasteiger partial charge in [-0.3, -0.25) is 9.52 Å². The summed E-state index contributed by atoms with van der Waals surface area (Å²) in [5, 5.41) is 2.71. The highest BCUT2D eigenvalue weighted by Gasteiger charge is 2.19. The molecular formula is C15H13FN2O3S. The molecule has 1 aliphatic rings. The Bertz CT molecular complexity index is 832. The van der Waals surface area contributed by atoms with Crippen LogP contribution >= 0.6 is 0 Å². The molecule has 1 amide bonds. The van der Waals surface area contributed by atoms with E-state index >= 15 is 0 Å². The van der Waals surface area contributed by atoms with Crippen LogP contribution in [-0.4, -0.2) is 20.9 Å². The van der Waals surface area contributed by atoms with Gasteiger partial charge < -0.3 is 5.32 Å². The van der Waals surface area contributed by atoms with Crippen molar-refractivity contribution in [2.45, 2.75) is 11.3 Å². The molecule has 2 aromatic rings. The molecule has 0 saturated heterocycles. The van der Waals surface area contributed by atoms with Crippen LogP contribution in [0, 0.1) is 5.82 Å². The summed E-state index contributed by atoms with van der Waals surface area (Å²) in [5.41, 5.74) is 1.64. The van der Waals surface area contributed by atoms with E-state index in [1.54, 1.807) is 12.1 Å². The van der Waals surface area contributed by atoms with Crippen molar-refractivity contribution in [3.8, 4) is 0 Å². The third kappa shape index (κ3) is 2.80. The van der Waals surface area contributed by atoms with Gasteiger partial charge in [0.1, 0.15) is 5.82 Å². The Labute approximate surface area is 127 Å². The van der Waals surface area contributed by atoms with Crippen molar-refractivity contribution >= 4 is 21.6 Å². The smallest absolute Gasteiger partial charge is 0.261 e. The third-order valence-electron chi connectivity index (χ3n) is 3.41. The Morgan fingerprint density at radius 1 is 1.09 bits per heavy atom. The summed E-state index contributed by atoms with van der Waals surface area (Å²) in [7, 11) is -3.82. The molecule has 1 heterocycles. The molecule has 114 valence electrons. The van der Waals surface area contributed by atoms with E-state index in [1.807, 2.05) is 0 Å². The van der Waals surface area contributed by atoms with Crippen LogP contribution in [0.5, 0.6) is 0 Å². The molecule has 0 spiro atoms. The number of benzene rings is 2. The molecule has 2 N–H and O–H groups in total. The zero-order valence-corrected chi connectivity index (χ0v) is 12.3. The molecule has 2 aromatic carbocycles. The number of hydrogen-bond donors (Lipinski definition) is 2. The topological polar surface area (TPSA) is 75.3 Å². The molecule has 0 aromatic heterocycles. The predicted molar refractivity (Wildman–Crippen MR) is 79.7 cm³/mol. The molecule has 0 radical (unpaired) electrons. The van der Waals surface area contributed by atoms with Crippen molar-refractivity contribution in [2.75, 3.05) is 11.3 Å². The quantitative estimate of drug-likeness (QED) is 0.907. The van der Waals surface area contributed by atoms with Crippen molar-refractivity contribution in [3.05, 3.63) is 59.4 Å². The lowest BCUT2D eigenvalue weighted by Gasteiger charge is -2.17. The number of carbonyl (C=O) groups is 1. The van der Waals surface area contributed by atoms with Crippen LogP contribution in [0.1, 0.15) is 15.9 Å². The van der Waals surface area contributed by atoms with E-state index in [9.17, 15) is 17.6 Å². The van der Waals surface area contributed by atoms with Gasteiger partial charge in [-0.1, -0.05) is 6.07 Å². The van der Waals surface area contributed by atoms with E-state index in [2.05, 4.69) is 10.0 Å². The second-order valence-corrected chi connectivity index (χ2v) is 6.62. The standard InChI is InChI=1S/C15H13FN2O3S/c16-11-2-5-13(6-3-11)22(20,21)18-12-4-1-10-7-8-17-15(19)14(10)9-12/h1-6,9,18H,7-8H2,(H,17,19). The van der Waals surface area contributed by atoms with Crippen molar-refractivity contribution in [1.29, 1.82) is 0 Å². The number of rotatable bonds is 3. The second kappa shape index (κ2) is 5.42. The molecule has 0 fully saturated rings. The number of sulfonamides is 1. The van der Waals surface area contributed by atoms with Crippen LogP contribution in [0.4, 0.5) is 10.1 Å². The fourth-order valence-electron chi connectivity index (χ4n) is 2.30. The zero-order valence-electron chi connectivity index (χ0n) is 11.5. The molecule has 0 bridgehead atoms. The maximum Gasteiger partial charge on any atom is 0.261 e. The van der Waals surface area contributed by atoms with Gasteiger partial charge in [0.15, 0.2) is 0 Å². The van der Waals surface area contributed by atoms with Gasteiger partial charge in [0, 0.05) is 17.8 Å². The fourth-order valence-corrected chi connectivity index (χ4v) is 3.35. The molecule has 0 atom stereocenters. The molecule has 0 saturated carbocycles. The molecule has 22 heavy (non-hydrogen) atoms. The van der Waals surface area contributed by atoms with Crippen molar-refractivity contribution in [3.63, 3.8) is 0 Å². The van der Waals surface area contributed by atoms with Gasteiger partial charge in [0.2, 0.25) is 0 Å². The minimum Gasteiger partial charge on any atom is -0.352 e. The molecule has 0 aliphatic carbocycles. The van der Waals surface area contributed by atoms with Crippen molar-refractivity contribution < 1.29 is 17.6 Å². The van der Waals surface area contributed by atoms with E-state index in [4.69, 9.17) is 0 Å². The molecule has 7 heteroatoms. The van der Waals surface area contributed by atoms with Crippen LogP contribution in [0.2, 0.25) is 0 Å². The van der Waals surface area contributed by atoms with Crippen LogP contribution in [0.15, 0.2) is 47.4 Å². The summed E-state index contributed by atoms with van der Waals surface area (Å²) < 4.78 is 39.7. The van der Waals surface area contributed by atoms with Crippen molar-refractivity contribution in [2.24, 2.45) is 0 Å². The zero-order chi connectivity index (χ0) is 15.7. The SMILES string of the molecule is O=C1NCCc2ccc(NS(=O)(=O)c3ccc(F)cc3)cc21. The molecule has 3 rings (SSSR count). The Morgan fingerprint density at radius 3 is 2.55 bits per heavy atom. The summed E-state index contributed by atoms with van der Waals surface area (Å²) in [5.74, 6) is -0.728. The van der Waals surface area contributed by atoms with Gasteiger partial charge in [-0.2, -0.15) is 0 Å². The Hall–Kier alpha value is -2.41. The maximum absolute atomic E-state index is 12.9. The lowest BCUT2D eigenvalue weighted by atomic mass is 10.00. The first kappa shape index (κ1) is 14.5. The van der Waals surface area contributed by atoms with Crippen molar-refractivity contribution in [1.82, 2.24) is 5.32 Å². The Kier molecular flexibility index (Phi) is 3.58. The number of amides is 1. The van der Waals surface area contributed by atoms with E-state index in [1.165, 1.54) is 18.2 Å². The Balaban J connectivity index is 1.91. The number of hydrogen-bond acceptors (Lipinski definition) is 3. The first-order valence-corrected chi connectivity index (χ1v) is 8.13. The summed E-state index contributed by atoms with van der Waals surface area (Å²) >= 11 is 0. The van der Waals surface area contributed by atoms with Gasteiger partial charge in [0.25, 0.3) is 15.9 Å². The monoisotopic (exact) mass is 320 g/mol. The van der Waals surface area contributed by atoms with Crippen LogP contribution in [0.25, 0.3) is 0 Å². The highest BCUT2D eigenvalue weighted by atomic mass is 32.2. The Morgan fingerprint density at radius 2 is 1.82 bits per heavy atom. The minimum atomic E-state index is -3.82. The molecular weight excluding hydrogens is 307 g/mol. The lowest BCUT2D eigenvalue weighted by Crippen LogP contribution is -2.31. The van der Waals surface area contributed by atoms with Gasteiger partial charge >= 0.3 is 0 Å².